The molecule has 0 saturated carbocycles. The van der Waals surface area contributed by atoms with Crippen LogP contribution in [0.25, 0.3) is 0 Å². The number of likely N-dealkylation sites (N-methyl/N-ethyl adjacent to an activating group) is 7. The second kappa shape index (κ2) is 41.7. The molecule has 1 saturated heterocycles. The minimum absolute atomic E-state index is 0.0229. The molecule has 28 nitrogen and oxygen atoms in total. The van der Waals surface area contributed by atoms with E-state index < -0.39 is 187 Å². The zero-order valence-electron chi connectivity index (χ0n) is 61.4. The Labute approximate surface area is 565 Å². The molecule has 15 atom stereocenters. The monoisotopic (exact) mass is 1350 g/mol. The van der Waals surface area contributed by atoms with Gasteiger partial charge in [0.15, 0.2) is 0 Å². The van der Waals surface area contributed by atoms with Crippen LogP contribution in [-0.2, 0) is 52.7 Å². The van der Waals surface area contributed by atoms with Crippen molar-refractivity contribution in [3.05, 3.63) is 12.2 Å². The van der Waals surface area contributed by atoms with Crippen LogP contribution < -0.4 is 21.3 Å². The van der Waals surface area contributed by atoms with Gasteiger partial charge in [0.2, 0.25) is 65.0 Å². The zero-order chi connectivity index (χ0) is 74.1. The minimum Gasteiger partial charge on any atom is -0.394 e. The summed E-state index contributed by atoms with van der Waals surface area (Å²) in [6.07, 6.45) is -1.25. The maximum Gasteiger partial charge on any atom is 0.246 e. The van der Waals surface area contributed by atoms with E-state index in [1.165, 1.54) is 87.7 Å². The first kappa shape index (κ1) is 88.7. The molecule has 0 aromatic heterocycles. The second-order valence-corrected chi connectivity index (χ2v) is 28.1. The van der Waals surface area contributed by atoms with Crippen LogP contribution in [0.2, 0.25) is 0 Å². The summed E-state index contributed by atoms with van der Waals surface area (Å²) in [4.78, 5) is 169. The van der Waals surface area contributed by atoms with Gasteiger partial charge < -0.3 is 86.2 Å². The molecule has 548 valence electrons. The quantitative estimate of drug-likeness (QED) is 0.0779. The van der Waals surface area contributed by atoms with Crippen molar-refractivity contribution in [3.8, 4) is 0 Å². The molecule has 11 amide bonds. The molecule has 28 heteroatoms. The van der Waals surface area contributed by atoms with Crippen molar-refractivity contribution in [3.63, 3.8) is 0 Å². The summed E-state index contributed by atoms with van der Waals surface area (Å²) in [7, 11) is 9.92. The first-order valence-corrected chi connectivity index (χ1v) is 33.5. The highest BCUT2D eigenvalue weighted by Crippen LogP contribution is 2.26. The third kappa shape index (κ3) is 26.6. The third-order valence-electron chi connectivity index (χ3n) is 17.2. The standard InChI is InChI=1S/C62H111N11O12.C5H12O5/c1-25-27-28-40(15)52(75)51-56(79)65-43(26-2)58(81)67(18)33-48(74)68(19)44(29-34(3)4)55(78)66-49(38(11)12)61(84)69(20)45(30-35(5)6)54(77)63-41(16)53(76)64-42(17)57(80)70(21)46(31-36(7)8)59(82)71(22)47(32-37(9)10)60(83)72(23)50(39(13)14)62(85)73(51)24;6-1-3(8)5(10)4(9)2-7/h25,27,34-47,49-52,75H,26,28-33H2,1-24H3,(H,63,77)(H,64,76)(H,65,79)(H,66,78);3-10H,1-2H2/b27-25+;/t40-,41+,42-,43+,44+,45+,46+,47+,49+,50+,51+,52-;3-,4+,5+/m1./s1. The number of carbonyl (C=O) groups excluding carboxylic acids is 11. The van der Waals surface area contributed by atoms with Gasteiger partial charge in [0.25, 0.3) is 0 Å². The zero-order valence-corrected chi connectivity index (χ0v) is 61.4. The Kier molecular flexibility index (Phi) is 38.9. The number of nitrogens with one attached hydrogen (secondary N) is 4. The predicted molar refractivity (Wildman–Crippen MR) is 361 cm³/mol. The van der Waals surface area contributed by atoms with Gasteiger partial charge in [0.05, 0.1) is 25.9 Å². The molecule has 0 aromatic rings. The minimum atomic E-state index is -1.61. The lowest BCUT2D eigenvalue weighted by Gasteiger charge is -2.41. The van der Waals surface area contributed by atoms with Crippen molar-refractivity contribution in [2.75, 3.05) is 69.1 Å². The van der Waals surface area contributed by atoms with Gasteiger partial charge in [0.1, 0.15) is 78.7 Å². The number of amides is 11. The summed E-state index contributed by atoms with van der Waals surface area (Å²) in [6.45, 7) is 28.0. The maximum atomic E-state index is 15.1. The van der Waals surface area contributed by atoms with Crippen LogP contribution in [0.1, 0.15) is 156 Å². The molecule has 1 aliphatic rings. The van der Waals surface area contributed by atoms with E-state index in [4.69, 9.17) is 25.5 Å². The molecule has 1 rings (SSSR count). The van der Waals surface area contributed by atoms with Gasteiger partial charge >= 0.3 is 0 Å². The van der Waals surface area contributed by atoms with E-state index in [2.05, 4.69) is 21.3 Å². The molecule has 1 aliphatic heterocycles. The van der Waals surface area contributed by atoms with Crippen LogP contribution in [-0.4, -0.2) is 284 Å². The van der Waals surface area contributed by atoms with Crippen molar-refractivity contribution >= 4 is 65.0 Å². The molecule has 95 heavy (non-hydrogen) atoms. The Morgan fingerprint density at radius 2 is 0.853 bits per heavy atom. The average molecular weight is 1350 g/mol. The topological polar surface area (TPSA) is 380 Å². The summed E-state index contributed by atoms with van der Waals surface area (Å²) in [5.41, 5.74) is 0. The van der Waals surface area contributed by atoms with Gasteiger partial charge in [-0.05, 0) is 101 Å². The number of rotatable bonds is 19. The number of aliphatic hydroxyl groups excluding tert-OH is 6. The summed E-state index contributed by atoms with van der Waals surface area (Å²) in [5.74, 6) is -9.71. The summed E-state index contributed by atoms with van der Waals surface area (Å²) in [5, 5.41) is 65.6. The van der Waals surface area contributed by atoms with Gasteiger partial charge in [-0.1, -0.05) is 109 Å². The fraction of sp³-hybridized carbons (Fsp3) is 0.806. The van der Waals surface area contributed by atoms with Gasteiger partial charge in [-0.3, -0.25) is 52.7 Å². The fourth-order valence-electron chi connectivity index (χ4n) is 11.2. The van der Waals surface area contributed by atoms with Gasteiger partial charge in [-0.25, -0.2) is 0 Å². The number of hydrogen-bond donors (Lipinski definition) is 10. The average Bonchev–Trinajstić information content (AvgIpc) is 0.809. The molecule has 0 aromatic carbocycles. The van der Waals surface area contributed by atoms with Crippen LogP contribution in [0.4, 0.5) is 0 Å². The Hall–Kier alpha value is -6.33. The first-order chi connectivity index (χ1) is 43.8. The Bertz CT molecular complexity index is 2520. The highest BCUT2D eigenvalue weighted by atomic mass is 16.4. The number of carbonyl (C=O) groups is 11. The fourth-order valence-corrected chi connectivity index (χ4v) is 11.2. The summed E-state index contributed by atoms with van der Waals surface area (Å²) in [6, 6.07) is -12.3. The molecule has 0 bridgehead atoms. The van der Waals surface area contributed by atoms with E-state index in [1.807, 2.05) is 61.5 Å². The van der Waals surface area contributed by atoms with Crippen LogP contribution >= 0.6 is 0 Å². The van der Waals surface area contributed by atoms with Crippen LogP contribution in [0.15, 0.2) is 12.2 Å². The molecular formula is C67H123N11O17. The van der Waals surface area contributed by atoms with E-state index in [9.17, 15) is 48.3 Å². The summed E-state index contributed by atoms with van der Waals surface area (Å²) >= 11 is 0. The Balaban J connectivity index is 0.00000809. The number of hydrogen-bond acceptors (Lipinski definition) is 17. The second-order valence-electron chi connectivity index (χ2n) is 28.1. The first-order valence-electron chi connectivity index (χ1n) is 33.5. The molecule has 10 N–H and O–H groups in total. The molecule has 1 heterocycles. The van der Waals surface area contributed by atoms with Crippen LogP contribution in [0.3, 0.4) is 0 Å². The van der Waals surface area contributed by atoms with Gasteiger partial charge in [-0.15, -0.1) is 0 Å². The molecule has 0 unspecified atom stereocenters. The Morgan fingerprint density at radius 1 is 0.453 bits per heavy atom. The highest BCUT2D eigenvalue weighted by molar-refractivity contribution is 5.99. The summed E-state index contributed by atoms with van der Waals surface area (Å²) < 4.78 is 0. The predicted octanol–water partition coefficient (Wildman–Crippen LogP) is 0.323. The highest BCUT2D eigenvalue weighted by Gasteiger charge is 2.46. The van der Waals surface area contributed by atoms with Crippen molar-refractivity contribution in [2.24, 2.45) is 41.4 Å². The van der Waals surface area contributed by atoms with Crippen LogP contribution in [0.5, 0.6) is 0 Å². The lowest BCUT2D eigenvalue weighted by Crippen LogP contribution is -2.63. The van der Waals surface area contributed by atoms with E-state index in [-0.39, 0.29) is 55.8 Å². The van der Waals surface area contributed by atoms with E-state index in [0.29, 0.717) is 6.42 Å². The van der Waals surface area contributed by atoms with E-state index in [0.717, 1.165) is 9.80 Å². The normalized spacial score (nSPS) is 26.2. The lowest BCUT2D eigenvalue weighted by molar-refractivity contribution is -0.157. The van der Waals surface area contributed by atoms with Crippen molar-refractivity contribution < 1.29 is 83.4 Å². The van der Waals surface area contributed by atoms with Gasteiger partial charge in [-0.2, -0.15) is 0 Å². The molecule has 0 radical (unpaired) electrons. The largest absolute Gasteiger partial charge is 0.394 e. The van der Waals surface area contributed by atoms with Crippen LogP contribution in [0, 0.1) is 41.4 Å². The van der Waals surface area contributed by atoms with Gasteiger partial charge in [0, 0.05) is 49.3 Å². The number of aliphatic hydroxyl groups is 6. The number of nitrogens with zero attached hydrogens (tertiary/aromatic N) is 7. The molecule has 1 fully saturated rings. The smallest absolute Gasteiger partial charge is 0.246 e. The molecule has 0 aliphatic carbocycles. The van der Waals surface area contributed by atoms with Crippen molar-refractivity contribution in [1.82, 2.24) is 55.6 Å². The van der Waals surface area contributed by atoms with Crippen molar-refractivity contribution in [1.29, 1.82) is 0 Å². The van der Waals surface area contributed by atoms with E-state index >= 15 is 9.59 Å². The maximum absolute atomic E-state index is 15.1. The SMILES string of the molecule is C/C=C/C[C@@H](C)[C@@H](O)[C@H]1C(=O)N[C@@H](CC)C(=O)N(C)CC(=O)N(C)[C@@H](CC(C)C)C(=O)N[C@@H](C(C)C)C(=O)N(C)[C@@H](CC(C)C)C(=O)N[C@@H](C)C(=O)N[C@H](C)C(=O)N(C)[C@@H](CC(C)C)C(=O)N(C)[C@@H](CC(C)C)C(=O)N(C)[C@@H](C(C)C)C(=O)N1C.OC[C@@H](O)[C@H](O)[C@@H](O)CO. The van der Waals surface area contributed by atoms with E-state index in [1.54, 1.807) is 54.5 Å². The lowest BCUT2D eigenvalue weighted by atomic mass is 9.91. The molecular weight excluding hydrogens is 1230 g/mol. The number of allylic oxidation sites excluding steroid dienone is 2. The third-order valence-corrected chi connectivity index (χ3v) is 17.2. The Morgan fingerprint density at radius 3 is 1.27 bits per heavy atom. The molecule has 0 spiro atoms. The van der Waals surface area contributed by atoms with Crippen molar-refractivity contribution in [2.45, 2.75) is 241 Å².